The van der Waals surface area contributed by atoms with Gasteiger partial charge < -0.3 is 4.89 Å². The molecule has 0 aliphatic heterocycles. The monoisotopic (exact) mass is 274 g/mol. The van der Waals surface area contributed by atoms with Gasteiger partial charge in [0, 0.05) is 0 Å². The predicted molar refractivity (Wildman–Crippen MR) is 75.9 cm³/mol. The van der Waals surface area contributed by atoms with Crippen molar-refractivity contribution in [2.45, 2.75) is 12.5 Å². The molecule has 0 radical (unpaired) electrons. The van der Waals surface area contributed by atoms with Gasteiger partial charge in [0.05, 0.1) is 0 Å². The van der Waals surface area contributed by atoms with Crippen molar-refractivity contribution in [1.82, 2.24) is 0 Å². The molecule has 0 aliphatic carbocycles. The van der Waals surface area contributed by atoms with Crippen LogP contribution in [0.2, 0.25) is 0 Å². The Kier molecular flexibility index (Phi) is 4.24. The van der Waals surface area contributed by atoms with E-state index in [1.54, 1.807) is 31.2 Å². The van der Waals surface area contributed by atoms with Crippen LogP contribution in [0.15, 0.2) is 60.7 Å². The second-order valence-corrected chi connectivity index (χ2v) is 4.59. The molecule has 2 rings (SSSR count). The Balaban J connectivity index is 2.19. The maximum absolute atomic E-state index is 11.7. The predicted octanol–water partition coefficient (Wildman–Crippen LogP) is 3.37. The third-order valence-electron chi connectivity index (χ3n) is 2.78. The molecule has 98 valence electrons. The van der Waals surface area contributed by atoms with Crippen LogP contribution in [0.5, 0.6) is 5.75 Å². The highest BCUT2D eigenvalue weighted by Crippen LogP contribution is 2.28. The van der Waals surface area contributed by atoms with Crippen LogP contribution in [0, 0.1) is 0 Å². The number of thiol groups is 1. The van der Waals surface area contributed by atoms with Crippen molar-refractivity contribution in [2.24, 2.45) is 0 Å². The second kappa shape index (κ2) is 5.91. The lowest BCUT2D eigenvalue weighted by Crippen LogP contribution is -2.34. The largest absolute Gasteiger partial charge is 0.336 e. The Morgan fingerprint density at radius 2 is 1.53 bits per heavy atom. The zero-order chi connectivity index (χ0) is 13.7. The molecule has 0 aliphatic rings. The molecule has 0 N–H and O–H groups in total. The van der Waals surface area contributed by atoms with E-state index in [1.807, 2.05) is 36.4 Å². The van der Waals surface area contributed by atoms with Gasteiger partial charge in [0.2, 0.25) is 10.7 Å². The average molecular weight is 274 g/mol. The van der Waals surface area contributed by atoms with Crippen molar-refractivity contribution < 1.29 is 14.6 Å². The molecule has 0 fully saturated rings. The molecule has 3 nitrogen and oxygen atoms in total. The molecule has 2 aromatic carbocycles. The smallest absolute Gasteiger partial charge is 0.226 e. The van der Waals surface area contributed by atoms with Gasteiger partial charge in [0.25, 0.3) is 0 Å². The van der Waals surface area contributed by atoms with Crippen LogP contribution < -0.4 is 4.89 Å². The first-order chi connectivity index (χ1) is 9.13. The van der Waals surface area contributed by atoms with E-state index in [2.05, 4.69) is 12.6 Å². The highest BCUT2D eigenvalue weighted by molar-refractivity contribution is 7.96. The number of carbonyl (C=O) groups excluding carboxylic acids is 1. The van der Waals surface area contributed by atoms with Gasteiger partial charge in [-0.2, -0.15) is 4.89 Å². The molecule has 1 unspecified atom stereocenters. The van der Waals surface area contributed by atoms with Gasteiger partial charge in [-0.25, -0.2) is 0 Å². The Hall–Kier alpha value is -1.78. The molecular weight excluding hydrogens is 260 g/mol. The Bertz CT molecular complexity index is 542. The average Bonchev–Trinajstić information content (AvgIpc) is 2.46. The topological polar surface area (TPSA) is 35.5 Å². The summed E-state index contributed by atoms with van der Waals surface area (Å²) in [6.07, 6.45) is 0. The van der Waals surface area contributed by atoms with E-state index in [4.69, 9.17) is 9.78 Å². The standard InChI is InChI=1S/C15H14O3S/c1-15(14(16)19,12-8-4-2-5-9-12)18-17-13-10-6-3-7-11-13/h2-11H,1H3,(H,16,19). The summed E-state index contributed by atoms with van der Waals surface area (Å²) in [5.74, 6) is 0.527. The molecular formula is C15H14O3S. The van der Waals surface area contributed by atoms with Crippen molar-refractivity contribution in [1.29, 1.82) is 0 Å². The summed E-state index contributed by atoms with van der Waals surface area (Å²) in [4.78, 5) is 22.3. The van der Waals surface area contributed by atoms with Gasteiger partial charge in [-0.15, -0.1) is 12.6 Å². The summed E-state index contributed by atoms with van der Waals surface area (Å²) in [7, 11) is 0. The summed E-state index contributed by atoms with van der Waals surface area (Å²) in [5, 5.41) is -0.422. The molecule has 0 saturated carbocycles. The minimum Gasteiger partial charge on any atom is -0.336 e. The van der Waals surface area contributed by atoms with Crippen LogP contribution in [0.4, 0.5) is 0 Å². The van der Waals surface area contributed by atoms with E-state index in [9.17, 15) is 4.79 Å². The third-order valence-corrected chi connectivity index (χ3v) is 3.21. The molecule has 0 aromatic heterocycles. The van der Waals surface area contributed by atoms with Crippen molar-refractivity contribution in [3.8, 4) is 5.75 Å². The fraction of sp³-hybridized carbons (Fsp3) is 0.133. The van der Waals surface area contributed by atoms with Crippen molar-refractivity contribution in [2.75, 3.05) is 0 Å². The maximum Gasteiger partial charge on any atom is 0.226 e. The number of hydrogen-bond acceptors (Lipinski definition) is 3. The van der Waals surface area contributed by atoms with Crippen molar-refractivity contribution in [3.05, 3.63) is 66.2 Å². The zero-order valence-corrected chi connectivity index (χ0v) is 11.3. The van der Waals surface area contributed by atoms with Gasteiger partial charge in [-0.1, -0.05) is 48.5 Å². The van der Waals surface area contributed by atoms with Crippen LogP contribution >= 0.6 is 12.6 Å². The van der Waals surface area contributed by atoms with Crippen LogP contribution in [0.3, 0.4) is 0 Å². The lowest BCUT2D eigenvalue weighted by Gasteiger charge is -2.25. The lowest BCUT2D eigenvalue weighted by molar-refractivity contribution is -0.278. The molecule has 0 bridgehead atoms. The number of carbonyl (C=O) groups is 1. The van der Waals surface area contributed by atoms with E-state index < -0.39 is 10.7 Å². The summed E-state index contributed by atoms with van der Waals surface area (Å²) < 4.78 is 0. The quantitative estimate of drug-likeness (QED) is 0.516. The van der Waals surface area contributed by atoms with E-state index >= 15 is 0 Å². The highest BCUT2D eigenvalue weighted by Gasteiger charge is 2.36. The summed E-state index contributed by atoms with van der Waals surface area (Å²) >= 11 is 3.89. The van der Waals surface area contributed by atoms with E-state index in [1.165, 1.54) is 0 Å². The van der Waals surface area contributed by atoms with E-state index in [0.717, 1.165) is 0 Å². The lowest BCUT2D eigenvalue weighted by atomic mass is 9.98. The summed E-state index contributed by atoms with van der Waals surface area (Å²) in [5.41, 5.74) is -0.564. The summed E-state index contributed by atoms with van der Waals surface area (Å²) in [6.45, 7) is 1.63. The first-order valence-electron chi connectivity index (χ1n) is 5.82. The third kappa shape index (κ3) is 3.16. The normalized spacial score (nSPS) is 13.6. The van der Waals surface area contributed by atoms with Gasteiger partial charge >= 0.3 is 0 Å². The Morgan fingerprint density at radius 1 is 1.00 bits per heavy atom. The zero-order valence-electron chi connectivity index (χ0n) is 10.4. The van der Waals surface area contributed by atoms with Crippen LogP contribution in [0.25, 0.3) is 0 Å². The Morgan fingerprint density at radius 3 is 2.05 bits per heavy atom. The molecule has 2 aromatic rings. The minimum atomic E-state index is -1.25. The van der Waals surface area contributed by atoms with Crippen molar-refractivity contribution in [3.63, 3.8) is 0 Å². The number of rotatable bonds is 5. The van der Waals surface area contributed by atoms with Crippen LogP contribution in [0.1, 0.15) is 12.5 Å². The first kappa shape index (κ1) is 13.6. The SMILES string of the molecule is CC(OOc1ccccc1)(C(=O)S)c1ccccc1. The molecule has 0 heterocycles. The number of benzene rings is 2. The Labute approximate surface area is 117 Å². The van der Waals surface area contributed by atoms with Gasteiger partial charge in [-0.05, 0) is 24.6 Å². The van der Waals surface area contributed by atoms with Gasteiger partial charge in [0.1, 0.15) is 0 Å². The molecule has 0 spiro atoms. The van der Waals surface area contributed by atoms with Gasteiger partial charge in [0.15, 0.2) is 5.75 Å². The van der Waals surface area contributed by atoms with Gasteiger partial charge in [-0.3, -0.25) is 4.79 Å². The van der Waals surface area contributed by atoms with Crippen molar-refractivity contribution >= 4 is 17.7 Å². The van der Waals surface area contributed by atoms with E-state index in [-0.39, 0.29) is 0 Å². The maximum atomic E-state index is 11.7. The fourth-order valence-corrected chi connectivity index (χ4v) is 1.74. The van der Waals surface area contributed by atoms with Crippen LogP contribution in [-0.2, 0) is 15.3 Å². The van der Waals surface area contributed by atoms with Crippen LogP contribution in [-0.4, -0.2) is 5.12 Å². The van der Waals surface area contributed by atoms with E-state index in [0.29, 0.717) is 11.3 Å². The summed E-state index contributed by atoms with van der Waals surface area (Å²) in [6, 6.07) is 18.1. The molecule has 1 atom stereocenters. The second-order valence-electron chi connectivity index (χ2n) is 4.18. The molecule has 0 saturated heterocycles. The molecule has 0 amide bonds. The first-order valence-corrected chi connectivity index (χ1v) is 6.27. The number of hydrogen-bond donors (Lipinski definition) is 1. The molecule has 4 heteroatoms. The molecule has 19 heavy (non-hydrogen) atoms. The fourth-order valence-electron chi connectivity index (χ4n) is 1.57. The minimum absolute atomic E-state index is 0.422. The highest BCUT2D eigenvalue weighted by atomic mass is 32.1. The number of para-hydroxylation sites is 1.